The molecule has 0 aromatic carbocycles. The summed E-state index contributed by atoms with van der Waals surface area (Å²) in [6, 6.07) is 3.55. The Morgan fingerprint density at radius 2 is 2.45 bits per heavy atom. The highest BCUT2D eigenvalue weighted by molar-refractivity contribution is 5.71. The first-order chi connectivity index (χ1) is 5.36. The molecule has 11 heavy (non-hydrogen) atoms. The van der Waals surface area contributed by atoms with Crippen molar-refractivity contribution in [1.82, 2.24) is 15.0 Å². The summed E-state index contributed by atoms with van der Waals surface area (Å²) in [6.07, 6.45) is 4.17. The zero-order chi connectivity index (χ0) is 7.68. The van der Waals surface area contributed by atoms with Crippen LogP contribution in [0.25, 0.3) is 11.0 Å². The van der Waals surface area contributed by atoms with Gasteiger partial charge in [-0.15, -0.1) is 0 Å². The van der Waals surface area contributed by atoms with Crippen LogP contribution in [0.15, 0.2) is 23.1 Å². The summed E-state index contributed by atoms with van der Waals surface area (Å²) in [6.45, 7) is 0. The number of hydrogen-bond acceptors (Lipinski definition) is 3. The molecule has 0 bridgehead atoms. The van der Waals surface area contributed by atoms with Crippen molar-refractivity contribution < 1.29 is 0 Å². The van der Waals surface area contributed by atoms with Crippen molar-refractivity contribution in [1.29, 1.82) is 0 Å². The van der Waals surface area contributed by atoms with E-state index in [2.05, 4.69) is 21.1 Å². The lowest BCUT2D eigenvalue weighted by Gasteiger charge is -1.90. The van der Waals surface area contributed by atoms with Gasteiger partial charge in [0.2, 0.25) is 0 Å². The maximum Gasteiger partial charge on any atom is 0.347 e. The van der Waals surface area contributed by atoms with Crippen LogP contribution in [0, 0.1) is 6.20 Å². The Morgan fingerprint density at radius 1 is 1.55 bits per heavy atom. The van der Waals surface area contributed by atoms with Gasteiger partial charge in [-0.05, 0) is 12.1 Å². The van der Waals surface area contributed by atoms with Gasteiger partial charge in [-0.1, -0.05) is 0 Å². The van der Waals surface area contributed by atoms with Crippen LogP contribution in [-0.2, 0) is 0 Å². The Kier molecular flexibility index (Phi) is 1.18. The standard InChI is InChI=1S/C7H4N3O/c11-7-9-4-5-2-1-3-8-6(5)10-7/h1-3H,(H,8,9,10,11). The predicted octanol–water partition coefficient (Wildman–Crippen LogP) is 0.118. The van der Waals surface area contributed by atoms with E-state index in [1.54, 1.807) is 18.3 Å². The third-order valence-corrected chi connectivity index (χ3v) is 1.31. The van der Waals surface area contributed by atoms with E-state index in [1.165, 1.54) is 0 Å². The molecule has 1 radical (unpaired) electrons. The summed E-state index contributed by atoms with van der Waals surface area (Å²) < 4.78 is 0. The summed E-state index contributed by atoms with van der Waals surface area (Å²) >= 11 is 0. The summed E-state index contributed by atoms with van der Waals surface area (Å²) in [7, 11) is 0. The lowest BCUT2D eigenvalue weighted by molar-refractivity contribution is 1.09. The molecule has 0 atom stereocenters. The molecule has 53 valence electrons. The number of hydrogen-bond donors (Lipinski definition) is 1. The van der Waals surface area contributed by atoms with E-state index in [9.17, 15) is 4.79 Å². The molecule has 1 N–H and O–H groups in total. The van der Waals surface area contributed by atoms with Crippen LogP contribution in [0.4, 0.5) is 0 Å². The maximum absolute atomic E-state index is 10.6. The largest absolute Gasteiger partial charge is 0.347 e. The topological polar surface area (TPSA) is 58.6 Å². The second-order valence-electron chi connectivity index (χ2n) is 2.05. The van der Waals surface area contributed by atoms with Gasteiger partial charge in [0.25, 0.3) is 0 Å². The highest BCUT2D eigenvalue weighted by Gasteiger charge is 1.92. The van der Waals surface area contributed by atoms with Crippen LogP contribution in [-0.4, -0.2) is 15.0 Å². The predicted molar refractivity (Wildman–Crippen MR) is 39.0 cm³/mol. The van der Waals surface area contributed by atoms with Crippen molar-refractivity contribution in [3.8, 4) is 0 Å². The van der Waals surface area contributed by atoms with E-state index in [1.807, 2.05) is 0 Å². The van der Waals surface area contributed by atoms with Crippen LogP contribution in [0.1, 0.15) is 0 Å². The Balaban J connectivity index is 2.94. The number of fused-ring (bicyclic) bond motifs is 1. The van der Waals surface area contributed by atoms with Crippen LogP contribution in [0.2, 0.25) is 0 Å². The molecule has 2 aromatic rings. The summed E-state index contributed by atoms with van der Waals surface area (Å²) in [5, 5.41) is 0.715. The van der Waals surface area contributed by atoms with Gasteiger partial charge in [-0.2, -0.15) is 4.98 Å². The Hall–Kier alpha value is -1.71. The van der Waals surface area contributed by atoms with Gasteiger partial charge >= 0.3 is 5.69 Å². The van der Waals surface area contributed by atoms with Crippen molar-refractivity contribution in [3.05, 3.63) is 35.0 Å². The smallest absolute Gasteiger partial charge is 0.290 e. The molecule has 2 aromatic heterocycles. The minimum absolute atomic E-state index is 0.420. The molecule has 0 saturated carbocycles. The average molecular weight is 146 g/mol. The molecule has 0 amide bonds. The number of aromatic amines is 1. The monoisotopic (exact) mass is 146 g/mol. The van der Waals surface area contributed by atoms with Gasteiger partial charge in [0.1, 0.15) is 11.8 Å². The second-order valence-corrected chi connectivity index (χ2v) is 2.05. The molecule has 4 heteroatoms. The van der Waals surface area contributed by atoms with Gasteiger partial charge in [0, 0.05) is 11.6 Å². The lowest BCUT2D eigenvalue weighted by atomic mass is 10.3. The minimum atomic E-state index is -0.420. The number of pyridine rings is 1. The fraction of sp³-hybridized carbons (Fsp3) is 0. The first kappa shape index (κ1) is 6.03. The molecule has 0 unspecified atom stereocenters. The highest BCUT2D eigenvalue weighted by Crippen LogP contribution is 2.00. The molecule has 0 aliphatic rings. The van der Waals surface area contributed by atoms with Gasteiger partial charge in [-0.3, -0.25) is 4.98 Å². The van der Waals surface area contributed by atoms with E-state index in [-0.39, 0.29) is 0 Å². The number of nitrogens with one attached hydrogen (secondary N) is 1. The molecule has 4 nitrogen and oxygen atoms in total. The van der Waals surface area contributed by atoms with E-state index in [0.29, 0.717) is 11.0 Å². The molecule has 2 rings (SSSR count). The summed E-state index contributed by atoms with van der Waals surface area (Å²) in [5.41, 5.74) is 0.101. The zero-order valence-corrected chi connectivity index (χ0v) is 5.53. The van der Waals surface area contributed by atoms with Gasteiger partial charge < -0.3 is 0 Å². The van der Waals surface area contributed by atoms with Crippen LogP contribution in [0.5, 0.6) is 0 Å². The molecule has 0 aliphatic carbocycles. The first-order valence-corrected chi connectivity index (χ1v) is 3.09. The molecule has 0 aliphatic heterocycles. The normalized spacial score (nSPS) is 10.2. The molecule has 2 heterocycles. The van der Waals surface area contributed by atoms with Crippen molar-refractivity contribution >= 4 is 11.0 Å². The van der Waals surface area contributed by atoms with E-state index < -0.39 is 5.69 Å². The Morgan fingerprint density at radius 3 is 3.36 bits per heavy atom. The van der Waals surface area contributed by atoms with Crippen LogP contribution >= 0.6 is 0 Å². The Labute approximate surface area is 61.9 Å². The fourth-order valence-electron chi connectivity index (χ4n) is 0.835. The molecular weight excluding hydrogens is 142 g/mol. The minimum Gasteiger partial charge on any atom is -0.290 e. The van der Waals surface area contributed by atoms with Gasteiger partial charge in [0.05, 0.1) is 0 Å². The lowest BCUT2D eigenvalue weighted by Crippen LogP contribution is -2.09. The maximum atomic E-state index is 10.6. The fourth-order valence-corrected chi connectivity index (χ4v) is 0.835. The van der Waals surface area contributed by atoms with E-state index in [0.717, 1.165) is 0 Å². The van der Waals surface area contributed by atoms with Crippen molar-refractivity contribution in [2.24, 2.45) is 0 Å². The zero-order valence-electron chi connectivity index (χ0n) is 5.53. The molecule has 0 spiro atoms. The average Bonchev–Trinajstić information content (AvgIpc) is 2.04. The third-order valence-electron chi connectivity index (χ3n) is 1.31. The number of rotatable bonds is 0. The molecular formula is C7H4N3O. The van der Waals surface area contributed by atoms with Crippen molar-refractivity contribution in [2.45, 2.75) is 0 Å². The van der Waals surface area contributed by atoms with Crippen LogP contribution in [0.3, 0.4) is 0 Å². The first-order valence-electron chi connectivity index (χ1n) is 3.09. The van der Waals surface area contributed by atoms with Crippen molar-refractivity contribution in [2.75, 3.05) is 0 Å². The molecule has 0 fully saturated rings. The second kappa shape index (κ2) is 2.16. The quantitative estimate of drug-likeness (QED) is 0.574. The summed E-state index contributed by atoms with van der Waals surface area (Å²) in [4.78, 5) is 20.5. The number of aromatic nitrogens is 3. The SMILES string of the molecule is O=c1n[c]c2cccnc2[nH]1. The van der Waals surface area contributed by atoms with Crippen molar-refractivity contribution in [3.63, 3.8) is 0 Å². The highest BCUT2D eigenvalue weighted by atomic mass is 16.1. The van der Waals surface area contributed by atoms with Gasteiger partial charge in [-0.25, -0.2) is 9.78 Å². The Bertz CT molecular complexity index is 435. The van der Waals surface area contributed by atoms with Gasteiger partial charge in [0.15, 0.2) is 0 Å². The van der Waals surface area contributed by atoms with E-state index in [4.69, 9.17) is 0 Å². The number of nitrogens with zero attached hydrogens (tertiary/aromatic N) is 2. The summed E-state index contributed by atoms with van der Waals surface area (Å²) in [5.74, 6) is 0. The number of H-pyrrole nitrogens is 1. The van der Waals surface area contributed by atoms with Crippen LogP contribution < -0.4 is 5.69 Å². The van der Waals surface area contributed by atoms with E-state index >= 15 is 0 Å². The third kappa shape index (κ3) is 0.980. The molecule has 0 saturated heterocycles.